The molecule has 3 fully saturated rings. The Morgan fingerprint density at radius 1 is 1.17 bits per heavy atom. The van der Waals surface area contributed by atoms with Gasteiger partial charge in [-0.2, -0.15) is 0 Å². The minimum Gasteiger partial charge on any atom is -0.447 e. The molecule has 3 saturated heterocycles. The average Bonchev–Trinajstić information content (AvgIpc) is 3.56. The average molecular weight is 496 g/mol. The number of halogens is 1. The lowest BCUT2D eigenvalue weighted by molar-refractivity contribution is -0.0445. The van der Waals surface area contributed by atoms with Crippen LogP contribution in [0.3, 0.4) is 0 Å². The van der Waals surface area contributed by atoms with Crippen LogP contribution in [0, 0.1) is 5.82 Å². The van der Waals surface area contributed by atoms with E-state index in [-0.39, 0.29) is 36.8 Å². The number of carbonyl (C=O) groups excluding carboxylic acids is 1. The number of benzene rings is 1. The van der Waals surface area contributed by atoms with Crippen molar-refractivity contribution in [3.63, 3.8) is 0 Å². The Hall–Kier alpha value is -2.51. The number of aromatic nitrogens is 1. The smallest absolute Gasteiger partial charge is 0.416 e. The maximum Gasteiger partial charge on any atom is 0.416 e. The number of methoxy groups -OCH3 is 1. The first-order valence-electron chi connectivity index (χ1n) is 11.8. The number of fused-ring (bicyclic) bond motifs is 1. The lowest BCUT2D eigenvalue weighted by Gasteiger charge is -2.38. The summed E-state index contributed by atoms with van der Waals surface area (Å²) in [4.78, 5) is 15.9. The molecule has 12 heteroatoms. The Morgan fingerprint density at radius 3 is 2.63 bits per heavy atom. The maximum absolute atomic E-state index is 16.1. The van der Waals surface area contributed by atoms with Crippen LogP contribution in [0.1, 0.15) is 25.7 Å². The molecule has 0 unspecified atom stereocenters. The second kappa shape index (κ2) is 10.2. The lowest BCUT2D eigenvalue weighted by Crippen LogP contribution is -2.46. The van der Waals surface area contributed by atoms with E-state index in [1.54, 1.807) is 13.2 Å². The predicted molar refractivity (Wildman–Crippen MR) is 121 cm³/mol. The van der Waals surface area contributed by atoms with Crippen molar-refractivity contribution in [1.82, 2.24) is 5.16 Å². The van der Waals surface area contributed by atoms with Gasteiger partial charge in [0.2, 0.25) is 5.58 Å². The standard InChI is InChI=1S/C23H30FN3O8/c1-13-9-26(10-14(2)34-13)19-16(22-31-6-7-32-22)8-17-20(18(19)24)35-25-21(17)27-15(12-33-23(27)28)11-30-5-4-29-3/h8,13-15,22H,4-7,9-12H2,1-3H3/t13-,14-,15+/m1/s1. The van der Waals surface area contributed by atoms with Gasteiger partial charge < -0.3 is 37.8 Å². The van der Waals surface area contributed by atoms with Crippen LogP contribution in [0.2, 0.25) is 0 Å². The number of hydrogen-bond acceptors (Lipinski definition) is 10. The van der Waals surface area contributed by atoms with Crippen molar-refractivity contribution in [3.05, 3.63) is 17.4 Å². The van der Waals surface area contributed by atoms with E-state index in [0.29, 0.717) is 56.2 Å². The van der Waals surface area contributed by atoms with Crippen LogP contribution < -0.4 is 9.80 Å². The molecule has 3 aliphatic heterocycles. The molecule has 192 valence electrons. The summed E-state index contributed by atoms with van der Waals surface area (Å²) in [5.41, 5.74) is 0.790. The molecule has 1 amide bonds. The van der Waals surface area contributed by atoms with Gasteiger partial charge >= 0.3 is 6.09 Å². The number of cyclic esters (lactones) is 1. The van der Waals surface area contributed by atoms with Gasteiger partial charge in [-0.3, -0.25) is 0 Å². The van der Waals surface area contributed by atoms with Gasteiger partial charge in [-0.15, -0.1) is 0 Å². The summed E-state index contributed by atoms with van der Waals surface area (Å²) in [5.74, 6) is -0.423. The SMILES string of the molecule is COCCOC[C@H]1COC(=O)N1c1noc2c(F)c(N3C[C@@H](C)O[C@H](C)C3)c(C3OCCO3)cc12. The largest absolute Gasteiger partial charge is 0.447 e. The first-order valence-corrected chi connectivity index (χ1v) is 11.8. The molecule has 2 aromatic rings. The molecule has 4 heterocycles. The zero-order valence-electron chi connectivity index (χ0n) is 20.0. The van der Waals surface area contributed by atoms with Crippen LogP contribution in [0.4, 0.5) is 20.7 Å². The van der Waals surface area contributed by atoms with Crippen LogP contribution in [0.15, 0.2) is 10.6 Å². The van der Waals surface area contributed by atoms with Crippen molar-refractivity contribution in [3.8, 4) is 0 Å². The Morgan fingerprint density at radius 2 is 1.91 bits per heavy atom. The zero-order valence-corrected chi connectivity index (χ0v) is 20.0. The van der Waals surface area contributed by atoms with E-state index in [2.05, 4.69) is 5.16 Å². The van der Waals surface area contributed by atoms with Gasteiger partial charge in [0.15, 0.2) is 17.9 Å². The number of carbonyl (C=O) groups is 1. The van der Waals surface area contributed by atoms with Gasteiger partial charge in [0, 0.05) is 25.8 Å². The highest BCUT2D eigenvalue weighted by molar-refractivity contribution is 6.01. The third-order valence-corrected chi connectivity index (χ3v) is 6.23. The first kappa shape index (κ1) is 24.2. The summed E-state index contributed by atoms with van der Waals surface area (Å²) in [7, 11) is 1.58. The molecule has 1 aromatic carbocycles. The molecule has 3 atom stereocenters. The second-order valence-electron chi connectivity index (χ2n) is 8.92. The Kier molecular flexibility index (Phi) is 7.07. The van der Waals surface area contributed by atoms with Crippen molar-refractivity contribution in [2.24, 2.45) is 0 Å². The van der Waals surface area contributed by atoms with Crippen LogP contribution >= 0.6 is 0 Å². The highest BCUT2D eigenvalue weighted by atomic mass is 19.1. The van der Waals surface area contributed by atoms with Gasteiger partial charge in [-0.1, -0.05) is 5.16 Å². The van der Waals surface area contributed by atoms with E-state index < -0.39 is 24.2 Å². The van der Waals surface area contributed by atoms with Crippen LogP contribution in [0.5, 0.6) is 0 Å². The monoisotopic (exact) mass is 495 g/mol. The first-order chi connectivity index (χ1) is 17.0. The number of morpholine rings is 1. The summed E-state index contributed by atoms with van der Waals surface area (Å²) < 4.78 is 54.7. The molecule has 0 spiro atoms. The molecule has 5 rings (SSSR count). The van der Waals surface area contributed by atoms with E-state index in [1.165, 1.54) is 4.90 Å². The topological polar surface area (TPSA) is 105 Å². The third-order valence-electron chi connectivity index (χ3n) is 6.23. The van der Waals surface area contributed by atoms with Gasteiger partial charge in [0.1, 0.15) is 6.61 Å². The Bertz CT molecular complexity index is 1050. The molecule has 0 bridgehead atoms. The molecule has 0 radical (unpaired) electrons. The van der Waals surface area contributed by atoms with E-state index >= 15 is 4.39 Å². The quantitative estimate of drug-likeness (QED) is 0.508. The number of hydrogen-bond donors (Lipinski definition) is 0. The molecule has 35 heavy (non-hydrogen) atoms. The van der Waals surface area contributed by atoms with Crippen LogP contribution in [-0.4, -0.2) is 89.3 Å². The summed E-state index contributed by atoms with van der Waals surface area (Å²) in [6.45, 7) is 6.78. The minimum absolute atomic E-state index is 0.0534. The molecule has 1 aromatic heterocycles. The van der Waals surface area contributed by atoms with E-state index in [1.807, 2.05) is 18.7 Å². The maximum atomic E-state index is 16.1. The van der Waals surface area contributed by atoms with E-state index in [0.717, 1.165) is 0 Å². The number of nitrogens with zero attached hydrogens (tertiary/aromatic N) is 3. The van der Waals surface area contributed by atoms with Gasteiger partial charge in [0.25, 0.3) is 0 Å². The van der Waals surface area contributed by atoms with Crippen LogP contribution in [0.25, 0.3) is 11.0 Å². The predicted octanol–water partition coefficient (Wildman–Crippen LogP) is 2.61. The van der Waals surface area contributed by atoms with Crippen molar-refractivity contribution >= 4 is 28.6 Å². The fourth-order valence-electron chi connectivity index (χ4n) is 4.81. The van der Waals surface area contributed by atoms with Crippen molar-refractivity contribution in [2.45, 2.75) is 38.4 Å². The number of amides is 1. The zero-order chi connectivity index (χ0) is 24.5. The van der Waals surface area contributed by atoms with Crippen molar-refractivity contribution in [1.29, 1.82) is 0 Å². The minimum atomic E-state index is -0.751. The van der Waals surface area contributed by atoms with Crippen molar-refractivity contribution < 1.29 is 42.1 Å². The van der Waals surface area contributed by atoms with E-state index in [4.69, 9.17) is 32.9 Å². The van der Waals surface area contributed by atoms with Crippen molar-refractivity contribution in [2.75, 3.05) is 69.6 Å². The van der Waals surface area contributed by atoms with E-state index in [9.17, 15) is 4.79 Å². The summed E-state index contributed by atoms with van der Waals surface area (Å²) >= 11 is 0. The van der Waals surface area contributed by atoms with Gasteiger partial charge in [0.05, 0.1) is 62.4 Å². The highest BCUT2D eigenvalue weighted by Crippen LogP contribution is 2.42. The Labute approximate surface area is 201 Å². The third kappa shape index (κ3) is 4.68. The van der Waals surface area contributed by atoms with Crippen LogP contribution in [-0.2, 0) is 28.4 Å². The summed E-state index contributed by atoms with van der Waals surface area (Å²) in [5, 5.41) is 4.40. The molecule has 0 N–H and O–H groups in total. The summed E-state index contributed by atoms with van der Waals surface area (Å²) in [6, 6.07) is 1.29. The highest BCUT2D eigenvalue weighted by Gasteiger charge is 2.40. The fraction of sp³-hybridized carbons (Fsp3) is 0.652. The van der Waals surface area contributed by atoms with Gasteiger partial charge in [-0.25, -0.2) is 14.1 Å². The molecule has 11 nitrogen and oxygen atoms in total. The molecule has 0 aliphatic carbocycles. The normalized spacial score (nSPS) is 25.7. The lowest BCUT2D eigenvalue weighted by atomic mass is 10.0. The number of anilines is 2. The fourth-order valence-corrected chi connectivity index (χ4v) is 4.81. The molecular formula is C23H30FN3O8. The number of ether oxygens (including phenoxy) is 6. The Balaban J connectivity index is 1.55. The molecule has 0 saturated carbocycles. The number of rotatable bonds is 8. The van der Waals surface area contributed by atoms with Gasteiger partial charge in [-0.05, 0) is 19.9 Å². The second-order valence-corrected chi connectivity index (χ2v) is 8.92. The summed E-state index contributed by atoms with van der Waals surface area (Å²) in [6.07, 6.45) is -1.53. The molecular weight excluding hydrogens is 465 g/mol. The molecule has 3 aliphatic rings.